The molecule has 0 aliphatic heterocycles. The fraction of sp³-hybridized carbons (Fsp3) is 0.158. The molecule has 2 heterocycles. The lowest BCUT2D eigenvalue weighted by atomic mass is 10.1. The Hall–Kier alpha value is -2.52. The molecular weight excluding hydrogens is 458 g/mol. The number of ether oxygens (including phenoxy) is 1. The molecule has 0 amide bonds. The van der Waals surface area contributed by atoms with Gasteiger partial charge in [0.2, 0.25) is 0 Å². The topological polar surface area (TPSA) is 111 Å². The number of pyridine rings is 1. The molecule has 0 bridgehead atoms. The summed E-state index contributed by atoms with van der Waals surface area (Å²) in [5.41, 5.74) is 6.93. The first kappa shape index (κ1) is 23.8. The molecule has 0 saturated carbocycles. The van der Waals surface area contributed by atoms with Crippen LogP contribution in [0.4, 0.5) is 4.39 Å². The third-order valence-corrected chi connectivity index (χ3v) is 4.31. The first-order valence-corrected chi connectivity index (χ1v) is 9.15. The maximum Gasteiger partial charge on any atom is 0.304 e. The smallest absolute Gasteiger partial charge is 0.304 e. The van der Waals surface area contributed by atoms with Crippen LogP contribution in [0.5, 0.6) is 11.6 Å². The maximum atomic E-state index is 13.8. The monoisotopic (exact) mass is 472 g/mol. The highest BCUT2D eigenvalue weighted by atomic mass is 35.5. The van der Waals surface area contributed by atoms with Crippen molar-refractivity contribution in [2.75, 3.05) is 0 Å². The summed E-state index contributed by atoms with van der Waals surface area (Å²) >= 11 is 12.0. The molecule has 2 aromatic heterocycles. The Balaban J connectivity index is 0.00000320. The lowest BCUT2D eigenvalue weighted by molar-refractivity contribution is -0.137. The second kappa shape index (κ2) is 10.5. The average Bonchev–Trinajstić information content (AvgIpc) is 2.63. The number of aromatic nitrogens is 3. The number of carbonyl (C=O) groups is 1. The molecule has 7 nitrogen and oxygen atoms in total. The van der Waals surface area contributed by atoms with E-state index in [2.05, 4.69) is 15.0 Å². The van der Waals surface area contributed by atoms with E-state index in [0.717, 1.165) is 6.07 Å². The lowest BCUT2D eigenvalue weighted by Crippen LogP contribution is -2.26. The quantitative estimate of drug-likeness (QED) is 0.518. The van der Waals surface area contributed by atoms with E-state index in [0.29, 0.717) is 17.1 Å². The van der Waals surface area contributed by atoms with Crippen molar-refractivity contribution in [3.8, 4) is 23.0 Å². The zero-order chi connectivity index (χ0) is 21.0. The van der Waals surface area contributed by atoms with Gasteiger partial charge < -0.3 is 15.6 Å². The van der Waals surface area contributed by atoms with Gasteiger partial charge >= 0.3 is 5.97 Å². The minimum atomic E-state index is -0.975. The van der Waals surface area contributed by atoms with E-state index in [-0.39, 0.29) is 46.9 Å². The third kappa shape index (κ3) is 6.24. The molecule has 11 heteroatoms. The normalized spacial score (nSPS) is 11.5. The van der Waals surface area contributed by atoms with E-state index in [4.69, 9.17) is 38.8 Å². The summed E-state index contributed by atoms with van der Waals surface area (Å²) in [6.45, 7) is 0. The van der Waals surface area contributed by atoms with Crippen molar-refractivity contribution in [3.05, 3.63) is 64.3 Å². The number of aliphatic carboxylic acids is 1. The minimum absolute atomic E-state index is 0. The van der Waals surface area contributed by atoms with Crippen LogP contribution in [0.3, 0.4) is 0 Å². The Kier molecular flexibility index (Phi) is 8.31. The van der Waals surface area contributed by atoms with Crippen LogP contribution in [0.1, 0.15) is 12.1 Å². The molecule has 30 heavy (non-hydrogen) atoms. The van der Waals surface area contributed by atoms with Crippen LogP contribution >= 0.6 is 35.6 Å². The van der Waals surface area contributed by atoms with Gasteiger partial charge in [0, 0.05) is 42.2 Å². The molecule has 1 atom stereocenters. The molecule has 0 saturated heterocycles. The molecule has 0 aliphatic carbocycles. The van der Waals surface area contributed by atoms with Crippen molar-refractivity contribution in [1.82, 2.24) is 15.0 Å². The summed E-state index contributed by atoms with van der Waals surface area (Å²) in [4.78, 5) is 23.1. The molecule has 0 aliphatic rings. The first-order valence-electron chi connectivity index (χ1n) is 8.40. The average molecular weight is 474 g/mol. The standard InChI is InChI=1S/C19H15Cl2FN4O3.ClH/c20-10-5-16(22)19(25-9-10)29-13-1-2-14(15(21)8-13)18-24-4-3-12(26-18)6-11(23)7-17(27)28;/h1-5,8-9,11H,6-7,23H2,(H,27,28);1H. The number of halogens is 4. The summed E-state index contributed by atoms with van der Waals surface area (Å²) < 4.78 is 19.2. The van der Waals surface area contributed by atoms with Gasteiger partial charge in [-0.25, -0.2) is 19.3 Å². The molecular formula is C19H16Cl3FN4O3. The fourth-order valence-electron chi connectivity index (χ4n) is 2.53. The first-order chi connectivity index (χ1) is 13.8. The Bertz CT molecular complexity index is 1060. The Morgan fingerprint density at radius 3 is 2.67 bits per heavy atom. The van der Waals surface area contributed by atoms with E-state index in [9.17, 15) is 9.18 Å². The zero-order valence-corrected chi connectivity index (χ0v) is 17.6. The van der Waals surface area contributed by atoms with E-state index in [1.807, 2.05) is 0 Å². The van der Waals surface area contributed by atoms with Crippen molar-refractivity contribution in [2.24, 2.45) is 5.73 Å². The third-order valence-electron chi connectivity index (χ3n) is 3.79. The number of rotatable bonds is 7. The summed E-state index contributed by atoms with van der Waals surface area (Å²) in [6.07, 6.45) is 2.92. The highest BCUT2D eigenvalue weighted by Gasteiger charge is 2.14. The van der Waals surface area contributed by atoms with Gasteiger partial charge in [-0.1, -0.05) is 23.2 Å². The molecule has 0 spiro atoms. The van der Waals surface area contributed by atoms with Crippen LogP contribution in [0.2, 0.25) is 10.0 Å². The number of benzene rings is 1. The SMILES string of the molecule is Cl.NC(CC(=O)O)Cc1ccnc(-c2ccc(Oc3ncc(Cl)cc3F)cc2Cl)n1. The minimum Gasteiger partial charge on any atom is -0.481 e. The van der Waals surface area contributed by atoms with Crippen LogP contribution in [0.25, 0.3) is 11.4 Å². The maximum absolute atomic E-state index is 13.8. The van der Waals surface area contributed by atoms with Crippen LogP contribution in [0.15, 0.2) is 42.7 Å². The Morgan fingerprint density at radius 1 is 1.23 bits per heavy atom. The summed E-state index contributed by atoms with van der Waals surface area (Å²) in [6, 6.07) is 6.87. The highest BCUT2D eigenvalue weighted by Crippen LogP contribution is 2.32. The van der Waals surface area contributed by atoms with Crippen molar-refractivity contribution < 1.29 is 19.0 Å². The molecule has 3 rings (SSSR count). The zero-order valence-electron chi connectivity index (χ0n) is 15.3. The van der Waals surface area contributed by atoms with E-state index >= 15 is 0 Å². The highest BCUT2D eigenvalue weighted by molar-refractivity contribution is 6.33. The predicted octanol–water partition coefficient (Wildman–Crippen LogP) is 4.54. The number of carboxylic acid groups (broad SMARTS) is 1. The van der Waals surface area contributed by atoms with Gasteiger partial charge in [0.1, 0.15) is 5.75 Å². The second-order valence-electron chi connectivity index (χ2n) is 6.12. The number of hydrogen-bond donors (Lipinski definition) is 2. The van der Waals surface area contributed by atoms with Crippen molar-refractivity contribution >= 4 is 41.6 Å². The molecule has 0 radical (unpaired) electrons. The van der Waals surface area contributed by atoms with E-state index in [1.54, 1.807) is 24.4 Å². The van der Waals surface area contributed by atoms with Crippen LogP contribution in [-0.4, -0.2) is 32.1 Å². The van der Waals surface area contributed by atoms with E-state index in [1.165, 1.54) is 12.3 Å². The number of carboxylic acids is 1. The lowest BCUT2D eigenvalue weighted by Gasteiger charge is -2.11. The molecule has 158 valence electrons. The number of nitrogens with zero attached hydrogens (tertiary/aromatic N) is 3. The summed E-state index contributed by atoms with van der Waals surface area (Å²) in [5.74, 6) is -1.29. The van der Waals surface area contributed by atoms with Crippen molar-refractivity contribution in [2.45, 2.75) is 18.9 Å². The predicted molar refractivity (Wildman–Crippen MR) is 113 cm³/mol. The van der Waals surface area contributed by atoms with Gasteiger partial charge in [-0.15, -0.1) is 12.4 Å². The fourth-order valence-corrected chi connectivity index (χ4v) is 2.93. The number of hydrogen-bond acceptors (Lipinski definition) is 6. The van der Waals surface area contributed by atoms with Crippen LogP contribution < -0.4 is 10.5 Å². The molecule has 0 fully saturated rings. The van der Waals surface area contributed by atoms with Crippen LogP contribution in [-0.2, 0) is 11.2 Å². The Morgan fingerprint density at radius 2 is 2.00 bits per heavy atom. The van der Waals surface area contributed by atoms with Crippen molar-refractivity contribution in [3.63, 3.8) is 0 Å². The van der Waals surface area contributed by atoms with Crippen molar-refractivity contribution in [1.29, 1.82) is 0 Å². The summed E-state index contributed by atoms with van der Waals surface area (Å²) in [5, 5.41) is 9.25. The van der Waals surface area contributed by atoms with E-state index < -0.39 is 17.8 Å². The summed E-state index contributed by atoms with van der Waals surface area (Å²) in [7, 11) is 0. The van der Waals surface area contributed by atoms with Gasteiger partial charge in [0.05, 0.1) is 16.5 Å². The largest absolute Gasteiger partial charge is 0.481 e. The Labute approximate surface area is 187 Å². The van der Waals surface area contributed by atoms with Gasteiger partial charge in [0.15, 0.2) is 11.6 Å². The molecule has 3 N–H and O–H groups in total. The van der Waals surface area contributed by atoms with Gasteiger partial charge in [-0.2, -0.15) is 0 Å². The molecule has 1 unspecified atom stereocenters. The van der Waals surface area contributed by atoms with Gasteiger partial charge in [-0.05, 0) is 24.3 Å². The molecule has 3 aromatic rings. The van der Waals surface area contributed by atoms with Crippen LogP contribution in [0, 0.1) is 5.82 Å². The number of nitrogens with two attached hydrogens (primary N) is 1. The van der Waals surface area contributed by atoms with Gasteiger partial charge in [-0.3, -0.25) is 4.79 Å². The van der Waals surface area contributed by atoms with Gasteiger partial charge in [0.25, 0.3) is 5.88 Å². The second-order valence-corrected chi connectivity index (χ2v) is 6.96. The molecule has 1 aromatic carbocycles.